The Labute approximate surface area is 111 Å². The van der Waals surface area contributed by atoms with E-state index in [1.54, 1.807) is 0 Å². The van der Waals surface area contributed by atoms with Crippen LogP contribution in [0.2, 0.25) is 0 Å². The molecule has 18 heavy (non-hydrogen) atoms. The van der Waals surface area contributed by atoms with Crippen molar-refractivity contribution in [2.24, 2.45) is 13.0 Å². The minimum absolute atomic E-state index is 0.726. The topological polar surface area (TPSA) is 55.9 Å². The number of unbranched alkanes of at least 4 members (excludes halogenated alkanes) is 1. The number of hydrogen-bond acceptors (Lipinski definition) is 3. The Balaban J connectivity index is 2.59. The largest absolute Gasteiger partial charge is 0.394 e. The van der Waals surface area contributed by atoms with E-state index < -0.39 is 0 Å². The second kappa shape index (κ2) is 7.29. The minimum atomic E-state index is 0.726. The van der Waals surface area contributed by atoms with Crippen molar-refractivity contribution in [1.29, 1.82) is 0 Å². The van der Waals surface area contributed by atoms with Gasteiger partial charge in [0.25, 0.3) is 0 Å². The highest BCUT2D eigenvalue weighted by molar-refractivity contribution is 5.64. The quantitative estimate of drug-likeness (QED) is 0.747. The van der Waals surface area contributed by atoms with Crippen LogP contribution in [0.4, 0.5) is 11.5 Å². The van der Waals surface area contributed by atoms with Gasteiger partial charge in [-0.25, -0.2) is 0 Å². The molecule has 0 saturated carbocycles. The lowest BCUT2D eigenvalue weighted by Gasteiger charge is -2.16. The Kier molecular flexibility index (Phi) is 6.02. The Bertz CT molecular complexity index is 357. The van der Waals surface area contributed by atoms with Gasteiger partial charge in [0.15, 0.2) is 0 Å². The van der Waals surface area contributed by atoms with Crippen molar-refractivity contribution in [3.63, 3.8) is 0 Å². The van der Waals surface area contributed by atoms with E-state index in [9.17, 15) is 0 Å². The third-order valence-corrected chi connectivity index (χ3v) is 3.60. The lowest BCUT2D eigenvalue weighted by atomic mass is 9.99. The van der Waals surface area contributed by atoms with Crippen molar-refractivity contribution >= 4 is 11.5 Å². The summed E-state index contributed by atoms with van der Waals surface area (Å²) in [4.78, 5) is 0. The zero-order chi connectivity index (χ0) is 13.5. The first-order valence-corrected chi connectivity index (χ1v) is 7.19. The van der Waals surface area contributed by atoms with E-state index >= 15 is 0 Å². The van der Waals surface area contributed by atoms with Gasteiger partial charge >= 0.3 is 0 Å². The molecule has 0 bridgehead atoms. The highest BCUT2D eigenvalue weighted by Gasteiger charge is 2.13. The molecule has 0 amide bonds. The molecule has 0 fully saturated rings. The Morgan fingerprint density at radius 3 is 2.56 bits per heavy atom. The molecule has 1 atom stereocenters. The van der Waals surface area contributed by atoms with Gasteiger partial charge in [0.2, 0.25) is 0 Å². The summed E-state index contributed by atoms with van der Waals surface area (Å²) < 4.78 is 1.86. The molecule has 1 heterocycles. The van der Waals surface area contributed by atoms with E-state index in [-0.39, 0.29) is 0 Å². The van der Waals surface area contributed by atoms with Gasteiger partial charge in [0.1, 0.15) is 5.82 Å². The second-order valence-electron chi connectivity index (χ2n) is 4.98. The number of nitrogens with two attached hydrogens (primary N) is 1. The van der Waals surface area contributed by atoms with E-state index in [1.807, 2.05) is 11.7 Å². The summed E-state index contributed by atoms with van der Waals surface area (Å²) in [5, 5.41) is 7.90. The average Bonchev–Trinajstić information content (AvgIpc) is 2.65. The molecule has 0 saturated heterocycles. The lowest BCUT2D eigenvalue weighted by molar-refractivity contribution is 0.471. The van der Waals surface area contributed by atoms with Gasteiger partial charge in [0, 0.05) is 13.6 Å². The molecule has 1 aromatic rings. The number of aryl methyl sites for hydroxylation is 2. The van der Waals surface area contributed by atoms with Crippen LogP contribution in [0.1, 0.15) is 52.1 Å². The van der Waals surface area contributed by atoms with Crippen LogP contribution in [0.25, 0.3) is 0 Å². The summed E-state index contributed by atoms with van der Waals surface area (Å²) in [7, 11) is 1.95. The van der Waals surface area contributed by atoms with Crippen LogP contribution in [0.15, 0.2) is 0 Å². The number of rotatable bonds is 8. The number of hydrogen-bond donors (Lipinski definition) is 2. The highest BCUT2D eigenvalue weighted by atomic mass is 15.3. The van der Waals surface area contributed by atoms with E-state index in [2.05, 4.69) is 31.2 Å². The van der Waals surface area contributed by atoms with Crippen LogP contribution in [0.5, 0.6) is 0 Å². The van der Waals surface area contributed by atoms with Crippen molar-refractivity contribution in [3.05, 3.63) is 5.69 Å². The summed E-state index contributed by atoms with van der Waals surface area (Å²) in [6.45, 7) is 7.57. The standard InChI is InChI=1S/C14H28N4/c1-5-8-9-11(6-2)10-16-14-13(15)12(7-3)17-18(14)4/h11,16H,5-10,15H2,1-4H3. The van der Waals surface area contributed by atoms with Crippen molar-refractivity contribution < 1.29 is 0 Å². The Morgan fingerprint density at radius 1 is 1.33 bits per heavy atom. The van der Waals surface area contributed by atoms with Crippen molar-refractivity contribution in [1.82, 2.24) is 9.78 Å². The number of nitrogens with zero attached hydrogens (tertiary/aromatic N) is 2. The van der Waals surface area contributed by atoms with Gasteiger partial charge in [0.05, 0.1) is 11.4 Å². The lowest BCUT2D eigenvalue weighted by Crippen LogP contribution is -2.16. The van der Waals surface area contributed by atoms with Crippen LogP contribution >= 0.6 is 0 Å². The van der Waals surface area contributed by atoms with Crippen LogP contribution in [-0.2, 0) is 13.5 Å². The van der Waals surface area contributed by atoms with Crippen LogP contribution in [-0.4, -0.2) is 16.3 Å². The molecule has 1 unspecified atom stereocenters. The monoisotopic (exact) mass is 252 g/mol. The predicted octanol–water partition coefficient (Wildman–Crippen LogP) is 3.19. The molecule has 0 spiro atoms. The highest BCUT2D eigenvalue weighted by Crippen LogP contribution is 2.23. The fraction of sp³-hybridized carbons (Fsp3) is 0.786. The van der Waals surface area contributed by atoms with Crippen molar-refractivity contribution in [2.75, 3.05) is 17.6 Å². The van der Waals surface area contributed by atoms with Gasteiger partial charge < -0.3 is 11.1 Å². The van der Waals surface area contributed by atoms with Crippen LogP contribution in [0, 0.1) is 5.92 Å². The normalized spacial score (nSPS) is 12.7. The molecule has 0 aliphatic carbocycles. The minimum Gasteiger partial charge on any atom is -0.394 e. The average molecular weight is 252 g/mol. The number of nitrogen functional groups attached to an aromatic ring is 1. The van der Waals surface area contributed by atoms with Crippen LogP contribution in [0.3, 0.4) is 0 Å². The fourth-order valence-corrected chi connectivity index (χ4v) is 2.25. The maximum absolute atomic E-state index is 6.10. The first-order chi connectivity index (χ1) is 8.63. The summed E-state index contributed by atoms with van der Waals surface area (Å²) >= 11 is 0. The molecule has 1 rings (SSSR count). The summed E-state index contributed by atoms with van der Waals surface area (Å²) in [5.41, 5.74) is 7.89. The molecule has 4 heteroatoms. The number of anilines is 2. The maximum Gasteiger partial charge on any atom is 0.147 e. The summed E-state index contributed by atoms with van der Waals surface area (Å²) in [6.07, 6.45) is 5.96. The first kappa shape index (κ1) is 14.9. The van der Waals surface area contributed by atoms with Crippen molar-refractivity contribution in [2.45, 2.75) is 52.9 Å². The molecule has 3 N–H and O–H groups in total. The third kappa shape index (κ3) is 3.65. The molecule has 0 aliphatic heterocycles. The molecule has 1 aromatic heterocycles. The third-order valence-electron chi connectivity index (χ3n) is 3.60. The van der Waals surface area contributed by atoms with Gasteiger partial charge in [-0.2, -0.15) is 5.10 Å². The zero-order valence-corrected chi connectivity index (χ0v) is 12.3. The summed E-state index contributed by atoms with van der Waals surface area (Å²) in [5.74, 6) is 1.70. The number of nitrogens with one attached hydrogen (secondary N) is 1. The molecular formula is C14H28N4. The first-order valence-electron chi connectivity index (χ1n) is 7.19. The maximum atomic E-state index is 6.10. The SMILES string of the molecule is CCCCC(CC)CNc1c(N)c(CC)nn1C. The van der Waals surface area contributed by atoms with E-state index in [0.717, 1.165) is 36.1 Å². The Hall–Kier alpha value is -1.19. The van der Waals surface area contributed by atoms with E-state index in [0.29, 0.717) is 0 Å². The molecule has 104 valence electrons. The smallest absolute Gasteiger partial charge is 0.147 e. The Morgan fingerprint density at radius 2 is 2.06 bits per heavy atom. The van der Waals surface area contributed by atoms with Crippen molar-refractivity contribution in [3.8, 4) is 0 Å². The van der Waals surface area contributed by atoms with Crippen LogP contribution < -0.4 is 11.1 Å². The fourth-order valence-electron chi connectivity index (χ4n) is 2.25. The molecule has 0 radical (unpaired) electrons. The summed E-state index contributed by atoms with van der Waals surface area (Å²) in [6, 6.07) is 0. The molecule has 4 nitrogen and oxygen atoms in total. The van der Waals surface area contributed by atoms with E-state index in [4.69, 9.17) is 5.73 Å². The predicted molar refractivity (Wildman–Crippen MR) is 78.8 cm³/mol. The second-order valence-corrected chi connectivity index (χ2v) is 4.98. The molecule has 0 aliphatic rings. The van der Waals surface area contributed by atoms with Gasteiger partial charge in [-0.15, -0.1) is 0 Å². The molecule has 0 aromatic carbocycles. The van der Waals surface area contributed by atoms with Gasteiger partial charge in [-0.1, -0.05) is 40.0 Å². The number of aromatic nitrogens is 2. The zero-order valence-electron chi connectivity index (χ0n) is 12.3. The molecular weight excluding hydrogens is 224 g/mol. The van der Waals surface area contributed by atoms with Gasteiger partial charge in [-0.3, -0.25) is 4.68 Å². The van der Waals surface area contributed by atoms with E-state index in [1.165, 1.54) is 25.7 Å². The van der Waals surface area contributed by atoms with Gasteiger partial charge in [-0.05, 0) is 18.8 Å².